The van der Waals surface area contributed by atoms with Crippen molar-refractivity contribution in [3.8, 4) is 0 Å². The van der Waals surface area contributed by atoms with E-state index >= 15 is 0 Å². The van der Waals surface area contributed by atoms with Crippen LogP contribution in [0.15, 0.2) is 35.7 Å². The summed E-state index contributed by atoms with van der Waals surface area (Å²) < 4.78 is 14.9. The Balaban J connectivity index is 2.30. The Kier molecular flexibility index (Phi) is 2.68. The minimum absolute atomic E-state index is 0.323. The summed E-state index contributed by atoms with van der Waals surface area (Å²) in [6.45, 7) is 0. The van der Waals surface area contributed by atoms with Gasteiger partial charge in [-0.25, -0.2) is 4.39 Å². The third-order valence-electron chi connectivity index (χ3n) is 1.76. The molecule has 0 spiro atoms. The molecule has 4 nitrogen and oxygen atoms in total. The van der Waals surface area contributed by atoms with E-state index in [1.54, 1.807) is 18.2 Å². The molecule has 1 aromatic carbocycles. The molecule has 76 valence electrons. The summed E-state index contributed by atoms with van der Waals surface area (Å²) in [6, 6.07) is 6.35. The van der Waals surface area contributed by atoms with E-state index in [-0.39, 0.29) is 5.82 Å². The van der Waals surface area contributed by atoms with Gasteiger partial charge in [-0.3, -0.25) is 5.10 Å². The van der Waals surface area contributed by atoms with Crippen LogP contribution in [0.4, 0.5) is 4.39 Å². The van der Waals surface area contributed by atoms with Gasteiger partial charge in [0.2, 0.25) is 4.77 Å². The highest BCUT2D eigenvalue weighted by molar-refractivity contribution is 7.71. The number of nitrogens with one attached hydrogen (secondary N) is 1. The van der Waals surface area contributed by atoms with Crippen LogP contribution in [0, 0.1) is 10.6 Å². The molecule has 2 rings (SSSR count). The maximum absolute atomic E-state index is 13.2. The van der Waals surface area contributed by atoms with Crippen molar-refractivity contribution < 1.29 is 4.39 Å². The summed E-state index contributed by atoms with van der Waals surface area (Å²) in [4.78, 5) is 0. The number of hydrogen-bond donors (Lipinski definition) is 1. The highest BCUT2D eigenvalue weighted by Crippen LogP contribution is 2.03. The molecule has 0 aliphatic heterocycles. The van der Waals surface area contributed by atoms with Crippen molar-refractivity contribution in [2.24, 2.45) is 5.10 Å². The number of H-pyrrole nitrogens is 1. The molecule has 0 unspecified atom stereocenters. The zero-order valence-corrected chi connectivity index (χ0v) is 8.41. The molecule has 0 aliphatic rings. The topological polar surface area (TPSA) is 46.0 Å². The monoisotopic (exact) mass is 222 g/mol. The molecule has 1 heterocycles. The number of nitrogens with zero attached hydrogens (tertiary/aromatic N) is 3. The minimum Gasteiger partial charge on any atom is -0.250 e. The van der Waals surface area contributed by atoms with Gasteiger partial charge in [-0.2, -0.15) is 14.9 Å². The highest BCUT2D eigenvalue weighted by atomic mass is 32.1. The molecule has 0 bridgehead atoms. The molecule has 0 radical (unpaired) electrons. The summed E-state index contributed by atoms with van der Waals surface area (Å²) in [5.41, 5.74) is 0.403. The van der Waals surface area contributed by atoms with Crippen LogP contribution in [0.25, 0.3) is 0 Å². The van der Waals surface area contributed by atoms with E-state index in [2.05, 4.69) is 15.3 Å². The van der Waals surface area contributed by atoms with Crippen molar-refractivity contribution in [3.63, 3.8) is 0 Å². The van der Waals surface area contributed by atoms with E-state index in [4.69, 9.17) is 12.2 Å². The first-order chi connectivity index (χ1) is 7.27. The minimum atomic E-state index is -0.323. The molecule has 0 amide bonds. The predicted octanol–water partition coefficient (Wildman–Crippen LogP) is 1.96. The Morgan fingerprint density at radius 3 is 2.93 bits per heavy atom. The van der Waals surface area contributed by atoms with Crippen LogP contribution in [-0.2, 0) is 0 Å². The number of aromatic amines is 1. The van der Waals surface area contributed by atoms with Gasteiger partial charge in [0.15, 0.2) is 0 Å². The summed E-state index contributed by atoms with van der Waals surface area (Å²) in [5, 5.41) is 10.2. The van der Waals surface area contributed by atoms with Gasteiger partial charge in [0, 0.05) is 5.56 Å². The Bertz CT molecular complexity index is 543. The lowest BCUT2D eigenvalue weighted by molar-refractivity contribution is 0.625. The van der Waals surface area contributed by atoms with Crippen molar-refractivity contribution >= 4 is 18.4 Å². The Hall–Kier alpha value is -1.82. The van der Waals surface area contributed by atoms with Crippen LogP contribution in [0.3, 0.4) is 0 Å². The standard InChI is InChI=1S/C9H7FN4S/c10-8-4-2-1-3-7(8)5-12-14-6-11-13-9(14)15/h1-6H,(H,13,15)/b12-5-. The van der Waals surface area contributed by atoms with Crippen LogP contribution in [-0.4, -0.2) is 21.1 Å². The number of rotatable bonds is 2. The molecule has 0 atom stereocenters. The summed E-state index contributed by atoms with van der Waals surface area (Å²) in [7, 11) is 0. The molecule has 0 aliphatic carbocycles. The summed E-state index contributed by atoms with van der Waals surface area (Å²) >= 11 is 4.87. The average molecular weight is 222 g/mol. The predicted molar refractivity (Wildman–Crippen MR) is 56.8 cm³/mol. The van der Waals surface area contributed by atoms with E-state index in [1.807, 2.05) is 0 Å². The number of aromatic nitrogens is 3. The van der Waals surface area contributed by atoms with Gasteiger partial charge in [-0.05, 0) is 18.3 Å². The first-order valence-electron chi connectivity index (χ1n) is 4.18. The van der Waals surface area contributed by atoms with Crippen molar-refractivity contribution in [2.45, 2.75) is 0 Å². The van der Waals surface area contributed by atoms with Gasteiger partial charge >= 0.3 is 0 Å². The molecular weight excluding hydrogens is 215 g/mol. The second-order valence-corrected chi connectivity index (χ2v) is 3.16. The second-order valence-electron chi connectivity index (χ2n) is 2.77. The molecule has 1 aromatic heterocycles. The molecule has 2 aromatic rings. The molecule has 0 saturated heterocycles. The maximum atomic E-state index is 13.2. The maximum Gasteiger partial charge on any atom is 0.216 e. The van der Waals surface area contributed by atoms with Gasteiger partial charge < -0.3 is 0 Å². The van der Waals surface area contributed by atoms with Gasteiger partial charge in [0.25, 0.3) is 0 Å². The average Bonchev–Trinajstić information content (AvgIpc) is 2.63. The fraction of sp³-hybridized carbons (Fsp3) is 0. The lowest BCUT2D eigenvalue weighted by Crippen LogP contribution is -1.91. The van der Waals surface area contributed by atoms with Crippen LogP contribution in [0.2, 0.25) is 0 Å². The lowest BCUT2D eigenvalue weighted by atomic mass is 10.2. The van der Waals surface area contributed by atoms with E-state index in [9.17, 15) is 4.39 Å². The Labute approximate surface area is 90.1 Å². The largest absolute Gasteiger partial charge is 0.250 e. The normalized spacial score (nSPS) is 11.0. The molecular formula is C9H7FN4S. The third kappa shape index (κ3) is 2.16. The van der Waals surface area contributed by atoms with Gasteiger partial charge in [-0.15, -0.1) is 0 Å². The number of hydrogen-bond acceptors (Lipinski definition) is 3. The van der Waals surface area contributed by atoms with Crippen LogP contribution >= 0.6 is 12.2 Å². The smallest absolute Gasteiger partial charge is 0.216 e. The van der Waals surface area contributed by atoms with Crippen LogP contribution in [0.5, 0.6) is 0 Å². The van der Waals surface area contributed by atoms with E-state index < -0.39 is 0 Å². The Morgan fingerprint density at radius 1 is 1.47 bits per heavy atom. The van der Waals surface area contributed by atoms with Crippen molar-refractivity contribution in [1.82, 2.24) is 14.9 Å². The van der Waals surface area contributed by atoms with E-state index in [1.165, 1.54) is 23.3 Å². The van der Waals surface area contributed by atoms with Crippen molar-refractivity contribution in [3.05, 3.63) is 46.7 Å². The molecule has 0 saturated carbocycles. The number of benzene rings is 1. The zero-order valence-electron chi connectivity index (χ0n) is 7.59. The molecule has 15 heavy (non-hydrogen) atoms. The van der Waals surface area contributed by atoms with Crippen molar-refractivity contribution in [2.75, 3.05) is 0 Å². The molecule has 1 N–H and O–H groups in total. The van der Waals surface area contributed by atoms with E-state index in [0.29, 0.717) is 10.3 Å². The summed E-state index contributed by atoms with van der Waals surface area (Å²) in [5.74, 6) is -0.323. The second kappa shape index (κ2) is 4.14. The first kappa shape index (κ1) is 9.72. The van der Waals surface area contributed by atoms with Crippen LogP contribution < -0.4 is 0 Å². The Morgan fingerprint density at radius 2 is 2.27 bits per heavy atom. The van der Waals surface area contributed by atoms with E-state index in [0.717, 1.165) is 0 Å². The summed E-state index contributed by atoms with van der Waals surface area (Å²) in [6.07, 6.45) is 2.81. The van der Waals surface area contributed by atoms with Crippen molar-refractivity contribution in [1.29, 1.82) is 0 Å². The SMILES string of the molecule is Fc1ccccc1/C=N\n1cn[nH]c1=S. The highest BCUT2D eigenvalue weighted by Gasteiger charge is 1.96. The first-order valence-corrected chi connectivity index (χ1v) is 4.59. The lowest BCUT2D eigenvalue weighted by Gasteiger charge is -1.94. The van der Waals surface area contributed by atoms with Crippen LogP contribution in [0.1, 0.15) is 5.56 Å². The molecule has 0 fully saturated rings. The number of halogens is 1. The quantitative estimate of drug-likeness (QED) is 0.623. The van der Waals surface area contributed by atoms with Gasteiger partial charge in [0.05, 0.1) is 6.21 Å². The zero-order chi connectivity index (χ0) is 10.7. The fourth-order valence-corrected chi connectivity index (χ4v) is 1.18. The molecule has 6 heteroatoms. The fourth-order valence-electron chi connectivity index (χ4n) is 1.03. The van der Waals surface area contributed by atoms with Gasteiger partial charge in [-0.1, -0.05) is 18.2 Å². The third-order valence-corrected chi connectivity index (χ3v) is 2.04. The van der Waals surface area contributed by atoms with Gasteiger partial charge in [0.1, 0.15) is 12.1 Å².